The number of ketones is 1. The van der Waals surface area contributed by atoms with Gasteiger partial charge in [0.1, 0.15) is 0 Å². The Kier molecular flexibility index (Phi) is 3.24. The van der Waals surface area contributed by atoms with Gasteiger partial charge in [0, 0.05) is 11.5 Å². The van der Waals surface area contributed by atoms with E-state index in [1.807, 2.05) is 26.8 Å². The third-order valence-corrected chi connectivity index (χ3v) is 3.96. The molecule has 1 atom stereocenters. The molecular formula is C15H18O3. The van der Waals surface area contributed by atoms with Crippen molar-refractivity contribution in [3.63, 3.8) is 0 Å². The summed E-state index contributed by atoms with van der Waals surface area (Å²) in [4.78, 5) is 23.0. The highest BCUT2D eigenvalue weighted by Crippen LogP contribution is 2.39. The van der Waals surface area contributed by atoms with Crippen LogP contribution in [0.1, 0.15) is 40.0 Å². The van der Waals surface area contributed by atoms with Crippen molar-refractivity contribution < 1.29 is 14.7 Å². The maximum absolute atomic E-state index is 12.2. The van der Waals surface area contributed by atoms with Gasteiger partial charge in [0.2, 0.25) is 0 Å². The van der Waals surface area contributed by atoms with Gasteiger partial charge in [-0.15, -0.1) is 0 Å². The van der Waals surface area contributed by atoms with E-state index in [1.165, 1.54) is 0 Å². The van der Waals surface area contributed by atoms with E-state index in [4.69, 9.17) is 5.11 Å². The second-order valence-electron chi connectivity index (χ2n) is 5.21. The first kappa shape index (κ1) is 12.8. The van der Waals surface area contributed by atoms with E-state index in [0.717, 1.165) is 40.7 Å². The molecule has 3 nitrogen and oxygen atoms in total. The number of hydrogen-bond acceptors (Lipinski definition) is 2. The standard InChI is InChI=1S/C15H18O3/c1-8-4-5-11(7-13(16)17)6-12-9(2)10(3)15(18)14(8)12/h6,10H,4-5,7H2,1-3H3,(H,16,17). The van der Waals surface area contributed by atoms with Crippen LogP contribution in [0.3, 0.4) is 0 Å². The van der Waals surface area contributed by atoms with Gasteiger partial charge in [0.25, 0.3) is 0 Å². The van der Waals surface area contributed by atoms with Crippen molar-refractivity contribution in [2.45, 2.75) is 40.0 Å². The molecule has 0 radical (unpaired) electrons. The summed E-state index contributed by atoms with van der Waals surface area (Å²) in [5, 5.41) is 8.90. The summed E-state index contributed by atoms with van der Waals surface area (Å²) < 4.78 is 0. The van der Waals surface area contributed by atoms with Crippen LogP contribution in [0.4, 0.5) is 0 Å². The van der Waals surface area contributed by atoms with Crippen molar-refractivity contribution in [2.75, 3.05) is 0 Å². The van der Waals surface area contributed by atoms with Gasteiger partial charge in [0.05, 0.1) is 6.42 Å². The number of rotatable bonds is 2. The number of carbonyl (C=O) groups is 2. The van der Waals surface area contributed by atoms with Gasteiger partial charge in [-0.3, -0.25) is 9.59 Å². The van der Waals surface area contributed by atoms with Crippen molar-refractivity contribution in [2.24, 2.45) is 5.92 Å². The summed E-state index contributed by atoms with van der Waals surface area (Å²) in [7, 11) is 0. The molecule has 0 aromatic heterocycles. The minimum atomic E-state index is -0.807. The Bertz CT molecular complexity index is 518. The van der Waals surface area contributed by atoms with Gasteiger partial charge in [-0.1, -0.05) is 29.7 Å². The minimum Gasteiger partial charge on any atom is -0.481 e. The van der Waals surface area contributed by atoms with Crippen molar-refractivity contribution in [3.8, 4) is 0 Å². The highest BCUT2D eigenvalue weighted by molar-refractivity contribution is 6.08. The lowest BCUT2D eigenvalue weighted by atomic mass is 9.98. The molecule has 96 valence electrons. The Morgan fingerprint density at radius 3 is 2.67 bits per heavy atom. The average molecular weight is 246 g/mol. The molecule has 2 aliphatic carbocycles. The fourth-order valence-corrected chi connectivity index (χ4v) is 2.69. The van der Waals surface area contributed by atoms with E-state index in [2.05, 4.69) is 0 Å². The van der Waals surface area contributed by atoms with Crippen LogP contribution in [-0.2, 0) is 9.59 Å². The number of carbonyl (C=O) groups excluding carboxylic acids is 1. The van der Waals surface area contributed by atoms with E-state index in [-0.39, 0.29) is 18.1 Å². The van der Waals surface area contributed by atoms with Gasteiger partial charge in [-0.25, -0.2) is 0 Å². The first-order chi connectivity index (χ1) is 8.41. The molecule has 0 spiro atoms. The summed E-state index contributed by atoms with van der Waals surface area (Å²) in [5.74, 6) is -0.684. The molecule has 0 aromatic rings. The predicted octanol–water partition coefficient (Wildman–Crippen LogP) is 3.03. The molecule has 0 bridgehead atoms. The minimum absolute atomic E-state index is 0.0645. The van der Waals surface area contributed by atoms with Gasteiger partial charge in [-0.2, -0.15) is 0 Å². The number of allylic oxidation sites excluding steroid dienone is 5. The van der Waals surface area contributed by atoms with Gasteiger partial charge in [0.15, 0.2) is 5.78 Å². The first-order valence-electron chi connectivity index (χ1n) is 6.28. The number of hydrogen-bond donors (Lipinski definition) is 1. The van der Waals surface area contributed by atoms with E-state index in [0.29, 0.717) is 0 Å². The van der Waals surface area contributed by atoms with Crippen LogP contribution in [-0.4, -0.2) is 16.9 Å². The molecule has 0 heterocycles. The number of fused-ring (bicyclic) bond motifs is 1. The third-order valence-electron chi connectivity index (χ3n) is 3.96. The Balaban J connectivity index is 2.48. The zero-order valence-electron chi connectivity index (χ0n) is 11.0. The van der Waals surface area contributed by atoms with Crippen LogP contribution in [0.25, 0.3) is 0 Å². The molecule has 2 aliphatic rings. The lowest BCUT2D eigenvalue weighted by molar-refractivity contribution is -0.136. The Labute approximate surface area is 107 Å². The molecule has 0 aromatic carbocycles. The van der Waals surface area contributed by atoms with Crippen LogP contribution < -0.4 is 0 Å². The van der Waals surface area contributed by atoms with Crippen LogP contribution in [0, 0.1) is 5.92 Å². The van der Waals surface area contributed by atoms with E-state index in [9.17, 15) is 9.59 Å². The number of carboxylic acid groups (broad SMARTS) is 1. The number of carboxylic acids is 1. The van der Waals surface area contributed by atoms with Gasteiger partial charge < -0.3 is 5.11 Å². The fourth-order valence-electron chi connectivity index (χ4n) is 2.69. The summed E-state index contributed by atoms with van der Waals surface area (Å²) in [6.07, 6.45) is 3.51. The van der Waals surface area contributed by atoms with Crippen LogP contribution in [0.5, 0.6) is 0 Å². The molecule has 2 rings (SSSR count). The molecule has 0 amide bonds. The summed E-state index contributed by atoms with van der Waals surface area (Å²) in [5.41, 5.74) is 4.88. The smallest absolute Gasteiger partial charge is 0.307 e. The van der Waals surface area contributed by atoms with Crippen LogP contribution in [0.2, 0.25) is 0 Å². The van der Waals surface area contributed by atoms with E-state index < -0.39 is 5.97 Å². The van der Waals surface area contributed by atoms with Gasteiger partial charge >= 0.3 is 5.97 Å². The van der Waals surface area contributed by atoms with Crippen LogP contribution >= 0.6 is 0 Å². The van der Waals surface area contributed by atoms with Crippen molar-refractivity contribution in [1.82, 2.24) is 0 Å². The Morgan fingerprint density at radius 2 is 2.06 bits per heavy atom. The largest absolute Gasteiger partial charge is 0.481 e. The van der Waals surface area contributed by atoms with Crippen molar-refractivity contribution in [1.29, 1.82) is 0 Å². The summed E-state index contributed by atoms with van der Waals surface area (Å²) in [6.45, 7) is 5.87. The molecular weight excluding hydrogens is 228 g/mol. The molecule has 1 unspecified atom stereocenters. The molecule has 1 N–H and O–H groups in total. The topological polar surface area (TPSA) is 54.4 Å². The first-order valence-corrected chi connectivity index (χ1v) is 6.28. The second-order valence-corrected chi connectivity index (χ2v) is 5.21. The second kappa shape index (κ2) is 4.56. The maximum atomic E-state index is 12.2. The monoisotopic (exact) mass is 246 g/mol. The quantitative estimate of drug-likeness (QED) is 0.814. The molecule has 0 saturated carbocycles. The highest BCUT2D eigenvalue weighted by Gasteiger charge is 2.33. The van der Waals surface area contributed by atoms with Crippen molar-refractivity contribution in [3.05, 3.63) is 33.9 Å². The lowest BCUT2D eigenvalue weighted by Gasteiger charge is -2.05. The van der Waals surface area contributed by atoms with E-state index in [1.54, 1.807) is 0 Å². The summed E-state index contributed by atoms with van der Waals surface area (Å²) in [6, 6.07) is 0. The molecule has 0 fully saturated rings. The zero-order valence-corrected chi connectivity index (χ0v) is 11.0. The fraction of sp³-hybridized carbons (Fsp3) is 0.467. The summed E-state index contributed by atoms with van der Waals surface area (Å²) >= 11 is 0. The van der Waals surface area contributed by atoms with Crippen LogP contribution in [0.15, 0.2) is 33.9 Å². The molecule has 3 heteroatoms. The normalized spacial score (nSPS) is 24.1. The van der Waals surface area contributed by atoms with Crippen molar-refractivity contribution >= 4 is 11.8 Å². The third kappa shape index (κ3) is 2.05. The van der Waals surface area contributed by atoms with Gasteiger partial charge in [-0.05, 0) is 32.3 Å². The number of aliphatic carboxylic acids is 1. The molecule has 0 saturated heterocycles. The number of Topliss-reactive ketones (excluding diaryl/α,β-unsaturated/α-hetero) is 1. The molecule has 18 heavy (non-hydrogen) atoms. The van der Waals surface area contributed by atoms with E-state index >= 15 is 0 Å². The SMILES string of the molecule is CC1=C2C(=O)C(C)C(C)=C2C=C(CC(=O)O)CC1. The Morgan fingerprint density at radius 1 is 1.39 bits per heavy atom. The zero-order chi connectivity index (χ0) is 13.4. The molecule has 0 aliphatic heterocycles. The highest BCUT2D eigenvalue weighted by atomic mass is 16.4. The average Bonchev–Trinajstić information content (AvgIpc) is 2.46. The predicted molar refractivity (Wildman–Crippen MR) is 69.1 cm³/mol. The lowest BCUT2D eigenvalue weighted by Crippen LogP contribution is -2.07. The maximum Gasteiger partial charge on any atom is 0.307 e. The Hall–Kier alpha value is -1.64.